The van der Waals surface area contributed by atoms with Crippen LogP contribution in [0.5, 0.6) is 0 Å². The summed E-state index contributed by atoms with van der Waals surface area (Å²) in [5.74, 6) is 1.40. The first-order valence-electron chi connectivity index (χ1n) is 8.92. The van der Waals surface area contributed by atoms with E-state index in [0.29, 0.717) is 11.8 Å². The van der Waals surface area contributed by atoms with Crippen molar-refractivity contribution in [1.29, 1.82) is 0 Å². The highest BCUT2D eigenvalue weighted by Crippen LogP contribution is 2.40. The summed E-state index contributed by atoms with van der Waals surface area (Å²) in [6, 6.07) is 0.379. The molecule has 1 N–H and O–H groups in total. The summed E-state index contributed by atoms with van der Waals surface area (Å²) in [7, 11) is 0. The molecule has 0 atom stereocenters. The van der Waals surface area contributed by atoms with Gasteiger partial charge in [-0.1, -0.05) is 31.0 Å². The molecule has 0 spiro atoms. The number of thioether (sulfide) groups is 1. The van der Waals surface area contributed by atoms with Crippen molar-refractivity contribution in [3.63, 3.8) is 0 Å². The van der Waals surface area contributed by atoms with Crippen molar-refractivity contribution in [2.24, 2.45) is 0 Å². The predicted molar refractivity (Wildman–Crippen MR) is 99.9 cm³/mol. The molecule has 1 saturated carbocycles. The first-order valence-corrected chi connectivity index (χ1v) is 10.7. The average molecular weight is 362 g/mol. The van der Waals surface area contributed by atoms with Crippen LogP contribution in [0, 0.1) is 6.92 Å². The number of hydrogen-bond donors (Lipinski definition) is 1. The molecule has 2 aromatic heterocycles. The SMILES string of the molecule is Cc1nc(SCC(=O)NC2CCCCC2)c2c3c(sc2n1)CCC3. The minimum Gasteiger partial charge on any atom is -0.353 e. The molecule has 2 heterocycles. The van der Waals surface area contributed by atoms with E-state index in [9.17, 15) is 4.79 Å². The Hall–Kier alpha value is -1.14. The van der Waals surface area contributed by atoms with E-state index in [0.717, 1.165) is 34.9 Å². The molecule has 0 saturated heterocycles. The molecule has 6 heteroatoms. The molecule has 1 amide bonds. The van der Waals surface area contributed by atoms with Crippen LogP contribution in [0.25, 0.3) is 10.2 Å². The number of aromatic nitrogens is 2. The zero-order valence-corrected chi connectivity index (χ0v) is 15.7. The molecule has 0 bridgehead atoms. The number of amides is 1. The van der Waals surface area contributed by atoms with Gasteiger partial charge in [0, 0.05) is 16.3 Å². The van der Waals surface area contributed by atoms with Crippen molar-refractivity contribution in [1.82, 2.24) is 15.3 Å². The molecule has 2 aliphatic rings. The van der Waals surface area contributed by atoms with Crippen LogP contribution in [0.3, 0.4) is 0 Å². The fourth-order valence-corrected chi connectivity index (χ4v) is 6.10. The molecule has 128 valence electrons. The molecule has 0 aromatic carbocycles. The fraction of sp³-hybridized carbons (Fsp3) is 0.611. The Balaban J connectivity index is 1.48. The van der Waals surface area contributed by atoms with Gasteiger partial charge < -0.3 is 5.32 Å². The van der Waals surface area contributed by atoms with Crippen molar-refractivity contribution < 1.29 is 4.79 Å². The molecule has 2 aromatic rings. The minimum absolute atomic E-state index is 0.142. The third-order valence-electron chi connectivity index (χ3n) is 4.95. The monoisotopic (exact) mass is 361 g/mol. The van der Waals surface area contributed by atoms with Crippen molar-refractivity contribution in [2.45, 2.75) is 69.4 Å². The maximum Gasteiger partial charge on any atom is 0.230 e. The zero-order chi connectivity index (χ0) is 16.5. The van der Waals surface area contributed by atoms with Gasteiger partial charge in [-0.2, -0.15) is 0 Å². The van der Waals surface area contributed by atoms with Crippen LogP contribution in [-0.4, -0.2) is 27.7 Å². The van der Waals surface area contributed by atoms with Gasteiger partial charge in [-0.15, -0.1) is 11.3 Å². The second-order valence-corrected chi connectivity index (χ2v) is 8.85. The van der Waals surface area contributed by atoms with Gasteiger partial charge in [-0.25, -0.2) is 9.97 Å². The van der Waals surface area contributed by atoms with Crippen molar-refractivity contribution in [3.05, 3.63) is 16.3 Å². The Kier molecular flexibility index (Phi) is 4.77. The van der Waals surface area contributed by atoms with E-state index in [1.807, 2.05) is 18.3 Å². The molecular formula is C18H23N3OS2. The number of fused-ring (bicyclic) bond motifs is 3. The Bertz CT molecular complexity index is 765. The van der Waals surface area contributed by atoms with Gasteiger partial charge in [-0.3, -0.25) is 4.79 Å². The van der Waals surface area contributed by atoms with E-state index in [2.05, 4.69) is 15.3 Å². The summed E-state index contributed by atoms with van der Waals surface area (Å²) < 4.78 is 0. The minimum atomic E-state index is 0.142. The highest BCUT2D eigenvalue weighted by Gasteiger charge is 2.23. The zero-order valence-electron chi connectivity index (χ0n) is 14.1. The van der Waals surface area contributed by atoms with E-state index in [1.165, 1.54) is 47.9 Å². The van der Waals surface area contributed by atoms with Gasteiger partial charge in [0.1, 0.15) is 15.7 Å². The molecule has 0 aliphatic heterocycles. The Morgan fingerprint density at radius 3 is 2.88 bits per heavy atom. The third kappa shape index (κ3) is 3.31. The van der Waals surface area contributed by atoms with Gasteiger partial charge in [-0.05, 0) is 44.6 Å². The Morgan fingerprint density at radius 1 is 1.21 bits per heavy atom. The van der Waals surface area contributed by atoms with Crippen LogP contribution in [0.2, 0.25) is 0 Å². The lowest BCUT2D eigenvalue weighted by atomic mass is 9.95. The summed E-state index contributed by atoms with van der Waals surface area (Å²) in [4.78, 5) is 24.1. The summed E-state index contributed by atoms with van der Waals surface area (Å²) in [5, 5.41) is 5.41. The van der Waals surface area contributed by atoms with Crippen LogP contribution >= 0.6 is 23.1 Å². The smallest absolute Gasteiger partial charge is 0.230 e. The molecule has 4 nitrogen and oxygen atoms in total. The van der Waals surface area contributed by atoms with Crippen molar-refractivity contribution >= 4 is 39.2 Å². The number of aryl methyl sites for hydroxylation is 3. The lowest BCUT2D eigenvalue weighted by Gasteiger charge is -2.22. The number of nitrogens with one attached hydrogen (secondary N) is 1. The number of carbonyl (C=O) groups excluding carboxylic acids is 1. The Morgan fingerprint density at radius 2 is 2.04 bits per heavy atom. The van der Waals surface area contributed by atoms with E-state index >= 15 is 0 Å². The van der Waals surface area contributed by atoms with Crippen LogP contribution < -0.4 is 5.32 Å². The number of nitrogens with zero attached hydrogens (tertiary/aromatic N) is 2. The predicted octanol–water partition coefficient (Wildman–Crippen LogP) is 4.03. The summed E-state index contributed by atoms with van der Waals surface area (Å²) in [6.45, 7) is 1.94. The van der Waals surface area contributed by atoms with Crippen LogP contribution in [0.4, 0.5) is 0 Å². The molecule has 1 fully saturated rings. The molecule has 4 rings (SSSR count). The lowest BCUT2D eigenvalue weighted by molar-refractivity contribution is -0.119. The molecular weight excluding hydrogens is 338 g/mol. The van der Waals surface area contributed by atoms with Gasteiger partial charge in [0.15, 0.2) is 0 Å². The van der Waals surface area contributed by atoms with E-state index in [4.69, 9.17) is 0 Å². The summed E-state index contributed by atoms with van der Waals surface area (Å²) in [5.41, 5.74) is 1.44. The van der Waals surface area contributed by atoms with Crippen LogP contribution in [0.15, 0.2) is 5.03 Å². The number of hydrogen-bond acceptors (Lipinski definition) is 5. The summed E-state index contributed by atoms with van der Waals surface area (Å²) >= 11 is 3.39. The standard InChI is InChI=1S/C18H23N3OS2/c1-11-19-17(16-13-8-5-9-14(13)24-18(16)20-11)23-10-15(22)21-12-6-3-2-4-7-12/h12H,2-10H2,1H3,(H,21,22). The maximum atomic E-state index is 12.3. The summed E-state index contributed by atoms with van der Waals surface area (Å²) in [6.07, 6.45) is 9.58. The second-order valence-electron chi connectivity index (χ2n) is 6.80. The quantitative estimate of drug-likeness (QED) is 0.660. The van der Waals surface area contributed by atoms with Gasteiger partial charge in [0.25, 0.3) is 0 Å². The van der Waals surface area contributed by atoms with E-state index in [1.54, 1.807) is 11.8 Å². The van der Waals surface area contributed by atoms with Crippen molar-refractivity contribution in [2.75, 3.05) is 5.75 Å². The highest BCUT2D eigenvalue weighted by molar-refractivity contribution is 8.00. The average Bonchev–Trinajstić information content (AvgIpc) is 3.14. The molecule has 0 radical (unpaired) electrons. The molecule has 0 unspecified atom stereocenters. The third-order valence-corrected chi connectivity index (χ3v) is 7.11. The fourth-order valence-electron chi connectivity index (χ4n) is 3.82. The largest absolute Gasteiger partial charge is 0.353 e. The van der Waals surface area contributed by atoms with Gasteiger partial charge in [0.2, 0.25) is 5.91 Å². The molecule has 2 aliphatic carbocycles. The first kappa shape index (κ1) is 16.3. The number of rotatable bonds is 4. The number of carbonyl (C=O) groups is 1. The van der Waals surface area contributed by atoms with E-state index in [-0.39, 0.29) is 5.91 Å². The van der Waals surface area contributed by atoms with Gasteiger partial charge in [0.05, 0.1) is 5.75 Å². The van der Waals surface area contributed by atoms with Gasteiger partial charge >= 0.3 is 0 Å². The lowest BCUT2D eigenvalue weighted by Crippen LogP contribution is -2.37. The normalized spacial score (nSPS) is 18.0. The Labute approximate surface area is 150 Å². The highest BCUT2D eigenvalue weighted by atomic mass is 32.2. The maximum absolute atomic E-state index is 12.3. The van der Waals surface area contributed by atoms with E-state index < -0.39 is 0 Å². The van der Waals surface area contributed by atoms with Crippen LogP contribution in [-0.2, 0) is 17.6 Å². The topological polar surface area (TPSA) is 54.9 Å². The number of thiophene rings is 1. The van der Waals surface area contributed by atoms with Crippen LogP contribution in [0.1, 0.15) is 54.8 Å². The first-order chi connectivity index (χ1) is 11.7. The molecule has 24 heavy (non-hydrogen) atoms. The van der Waals surface area contributed by atoms with Crippen molar-refractivity contribution in [3.8, 4) is 0 Å². The second kappa shape index (κ2) is 7.00.